The lowest BCUT2D eigenvalue weighted by atomic mass is 9.63. The summed E-state index contributed by atoms with van der Waals surface area (Å²) in [5.41, 5.74) is 1.18. The third-order valence-electron chi connectivity index (χ3n) is 8.08. The summed E-state index contributed by atoms with van der Waals surface area (Å²) in [7, 11) is 0. The maximum atomic E-state index is 14.6. The standard InChI is InChI=1S/C28H36F4O/c1-2-3-4-5-6-7-19-8-9-21-17-22(11-10-20(21)16-19)23-12-14-25-24(18-23)13-15-26(27(25)29)33-28(30,31)32/h12-15,18-22H,2-11,16-17H2,1H3. The molecule has 0 bridgehead atoms. The molecular weight excluding hydrogens is 428 g/mol. The molecule has 2 aromatic rings. The Bertz CT molecular complexity index is 922. The van der Waals surface area contributed by atoms with Crippen LogP contribution in [-0.2, 0) is 0 Å². The van der Waals surface area contributed by atoms with Crippen molar-refractivity contribution in [3.05, 3.63) is 41.7 Å². The molecule has 2 fully saturated rings. The molecular formula is C28H36F4O. The first-order chi connectivity index (χ1) is 15.8. The molecule has 0 aromatic heterocycles. The van der Waals surface area contributed by atoms with E-state index < -0.39 is 17.9 Å². The largest absolute Gasteiger partial charge is 0.573 e. The average molecular weight is 465 g/mol. The molecule has 2 saturated carbocycles. The summed E-state index contributed by atoms with van der Waals surface area (Å²) in [5.74, 6) is 1.25. The van der Waals surface area contributed by atoms with E-state index in [1.54, 1.807) is 6.07 Å². The number of alkyl halides is 3. The van der Waals surface area contributed by atoms with Crippen LogP contribution in [-0.4, -0.2) is 6.36 Å². The predicted octanol–water partition coefficient (Wildman–Crippen LogP) is 9.54. The summed E-state index contributed by atoms with van der Waals surface area (Å²) in [6, 6.07) is 8.08. The summed E-state index contributed by atoms with van der Waals surface area (Å²) in [5, 5.41) is 0.807. The molecule has 4 unspecified atom stereocenters. The van der Waals surface area contributed by atoms with Gasteiger partial charge in [0.25, 0.3) is 0 Å². The molecule has 1 nitrogen and oxygen atoms in total. The maximum absolute atomic E-state index is 14.6. The number of benzene rings is 2. The number of ether oxygens (including phenoxy) is 1. The predicted molar refractivity (Wildman–Crippen MR) is 125 cm³/mol. The van der Waals surface area contributed by atoms with Crippen molar-refractivity contribution in [3.63, 3.8) is 0 Å². The highest BCUT2D eigenvalue weighted by atomic mass is 19.4. The molecule has 0 heterocycles. The van der Waals surface area contributed by atoms with Crippen molar-refractivity contribution in [2.45, 2.75) is 96.3 Å². The lowest BCUT2D eigenvalue weighted by Crippen LogP contribution is -2.30. The second-order valence-corrected chi connectivity index (χ2v) is 10.3. The van der Waals surface area contributed by atoms with Gasteiger partial charge in [-0.1, -0.05) is 76.1 Å². The van der Waals surface area contributed by atoms with Crippen molar-refractivity contribution in [1.82, 2.24) is 0 Å². The Morgan fingerprint density at radius 1 is 0.879 bits per heavy atom. The van der Waals surface area contributed by atoms with Crippen molar-refractivity contribution in [3.8, 4) is 5.75 Å². The van der Waals surface area contributed by atoms with E-state index in [9.17, 15) is 17.6 Å². The van der Waals surface area contributed by atoms with Gasteiger partial charge in [0.1, 0.15) is 0 Å². The summed E-state index contributed by atoms with van der Waals surface area (Å²) < 4.78 is 55.9. The van der Waals surface area contributed by atoms with E-state index in [1.165, 1.54) is 82.3 Å². The Morgan fingerprint density at radius 3 is 2.42 bits per heavy atom. The van der Waals surface area contributed by atoms with Gasteiger partial charge in [0.15, 0.2) is 11.6 Å². The molecule has 33 heavy (non-hydrogen) atoms. The van der Waals surface area contributed by atoms with Crippen molar-refractivity contribution in [2.24, 2.45) is 17.8 Å². The van der Waals surface area contributed by atoms with Crippen LogP contribution < -0.4 is 4.74 Å². The summed E-state index contributed by atoms with van der Waals surface area (Å²) in [6.45, 7) is 2.26. The number of hydrogen-bond acceptors (Lipinski definition) is 1. The van der Waals surface area contributed by atoms with E-state index in [4.69, 9.17) is 0 Å². The highest BCUT2D eigenvalue weighted by Crippen LogP contribution is 2.48. The van der Waals surface area contributed by atoms with Gasteiger partial charge in [0.2, 0.25) is 0 Å². The van der Waals surface area contributed by atoms with Crippen LogP contribution in [0.5, 0.6) is 5.75 Å². The molecule has 0 amide bonds. The van der Waals surface area contributed by atoms with Crippen LogP contribution in [0.4, 0.5) is 17.6 Å². The molecule has 2 aliphatic carbocycles. The van der Waals surface area contributed by atoms with Gasteiger partial charge in [-0.3, -0.25) is 0 Å². The second kappa shape index (κ2) is 10.7. The maximum Gasteiger partial charge on any atom is 0.573 e. The zero-order valence-electron chi connectivity index (χ0n) is 19.6. The van der Waals surface area contributed by atoms with Gasteiger partial charge in [-0.2, -0.15) is 0 Å². The number of rotatable bonds is 8. The minimum Gasteiger partial charge on any atom is -0.403 e. The molecule has 182 valence electrons. The SMILES string of the molecule is CCCCCCCC1CCC2CC(c3ccc4c(F)c(OC(F)(F)F)ccc4c3)CCC2C1. The highest BCUT2D eigenvalue weighted by Gasteiger charge is 2.36. The number of fused-ring (bicyclic) bond motifs is 2. The van der Waals surface area contributed by atoms with Crippen molar-refractivity contribution >= 4 is 10.8 Å². The first kappa shape index (κ1) is 24.3. The summed E-state index contributed by atoms with van der Waals surface area (Å²) in [4.78, 5) is 0. The average Bonchev–Trinajstić information content (AvgIpc) is 2.79. The molecule has 4 rings (SSSR count). The van der Waals surface area contributed by atoms with Gasteiger partial charge in [-0.15, -0.1) is 13.2 Å². The Kier molecular flexibility index (Phi) is 7.86. The van der Waals surface area contributed by atoms with E-state index in [1.807, 2.05) is 12.1 Å². The van der Waals surface area contributed by atoms with Gasteiger partial charge in [0, 0.05) is 5.39 Å². The number of unbranched alkanes of at least 4 members (excludes halogenated alkanes) is 4. The molecule has 5 heteroatoms. The fourth-order valence-electron chi connectivity index (χ4n) is 6.34. The Labute approximate surface area is 194 Å². The zero-order valence-corrected chi connectivity index (χ0v) is 19.6. The Morgan fingerprint density at radius 2 is 1.64 bits per heavy atom. The Hall–Kier alpha value is -1.78. The molecule has 0 N–H and O–H groups in total. The third-order valence-corrected chi connectivity index (χ3v) is 8.08. The van der Waals surface area contributed by atoms with E-state index in [0.29, 0.717) is 11.3 Å². The fourth-order valence-corrected chi connectivity index (χ4v) is 6.34. The molecule has 2 aromatic carbocycles. The van der Waals surface area contributed by atoms with Gasteiger partial charge in [-0.25, -0.2) is 4.39 Å². The number of halogens is 4. The quantitative estimate of drug-likeness (QED) is 0.279. The number of hydrogen-bond donors (Lipinski definition) is 0. The Balaban J connectivity index is 1.35. The van der Waals surface area contributed by atoms with E-state index in [-0.39, 0.29) is 5.39 Å². The van der Waals surface area contributed by atoms with Gasteiger partial charge >= 0.3 is 6.36 Å². The van der Waals surface area contributed by atoms with E-state index in [0.717, 1.165) is 30.2 Å². The van der Waals surface area contributed by atoms with Gasteiger partial charge in [0.05, 0.1) is 0 Å². The minimum atomic E-state index is -4.90. The van der Waals surface area contributed by atoms with Crippen LogP contribution in [0.25, 0.3) is 10.8 Å². The molecule has 0 spiro atoms. The van der Waals surface area contributed by atoms with Gasteiger partial charge in [-0.05, 0) is 72.8 Å². The summed E-state index contributed by atoms with van der Waals surface area (Å²) in [6.07, 6.45) is 10.9. The molecule has 2 aliphatic rings. The minimum absolute atomic E-state index is 0.175. The third kappa shape index (κ3) is 6.22. The van der Waals surface area contributed by atoms with Crippen LogP contribution in [0.3, 0.4) is 0 Å². The molecule has 0 aliphatic heterocycles. The first-order valence-electron chi connectivity index (χ1n) is 12.8. The first-order valence-corrected chi connectivity index (χ1v) is 12.8. The summed E-state index contributed by atoms with van der Waals surface area (Å²) >= 11 is 0. The molecule has 4 atom stereocenters. The van der Waals surface area contributed by atoms with Crippen molar-refractivity contribution < 1.29 is 22.3 Å². The van der Waals surface area contributed by atoms with Crippen molar-refractivity contribution in [2.75, 3.05) is 0 Å². The highest BCUT2D eigenvalue weighted by molar-refractivity contribution is 5.85. The lowest BCUT2D eigenvalue weighted by Gasteiger charge is -2.42. The van der Waals surface area contributed by atoms with Crippen LogP contribution in [0.15, 0.2) is 30.3 Å². The van der Waals surface area contributed by atoms with Crippen LogP contribution in [0.2, 0.25) is 0 Å². The fraction of sp³-hybridized carbons (Fsp3) is 0.643. The van der Waals surface area contributed by atoms with Crippen LogP contribution in [0.1, 0.15) is 95.5 Å². The monoisotopic (exact) mass is 464 g/mol. The molecule has 0 saturated heterocycles. The lowest BCUT2D eigenvalue weighted by molar-refractivity contribution is -0.275. The zero-order chi connectivity index (χ0) is 23.4. The van der Waals surface area contributed by atoms with Crippen LogP contribution in [0, 0.1) is 23.6 Å². The van der Waals surface area contributed by atoms with E-state index in [2.05, 4.69) is 11.7 Å². The smallest absolute Gasteiger partial charge is 0.403 e. The molecule has 0 radical (unpaired) electrons. The van der Waals surface area contributed by atoms with Crippen molar-refractivity contribution in [1.29, 1.82) is 0 Å². The second-order valence-electron chi connectivity index (χ2n) is 10.3. The van der Waals surface area contributed by atoms with E-state index >= 15 is 0 Å². The topological polar surface area (TPSA) is 9.23 Å². The van der Waals surface area contributed by atoms with Gasteiger partial charge < -0.3 is 4.74 Å². The van der Waals surface area contributed by atoms with Crippen LogP contribution >= 0.6 is 0 Å². The normalized spacial score (nSPS) is 25.7.